The van der Waals surface area contributed by atoms with Crippen molar-refractivity contribution in [3.63, 3.8) is 0 Å². The molecule has 1 N–H and O–H groups in total. The molecule has 1 atom stereocenters. The number of nitrogens with one attached hydrogen (secondary N) is 1. The minimum Gasteiger partial charge on any atom is -0.408 e. The standard InChI is InChI=1S/C36H41ClN4O3/c1-2-32(26-11-5-3-6-12-26)38-36(43)44-34-30-13-7-8-14-31(30)35(42)41(29-17-15-27(37)16-18-29)33(34)25-39-23-19-28(20-24-39)40-21-9-4-10-22-40/h3,5-8,11-18,28,32H,2,4,9-10,19-25H2,1H3,(H,38,43)/t32-/m0/s1. The maximum absolute atomic E-state index is 14.1. The van der Waals surface area contributed by atoms with Crippen LogP contribution < -0.4 is 15.6 Å². The topological polar surface area (TPSA) is 66.8 Å². The van der Waals surface area contributed by atoms with Gasteiger partial charge in [0.2, 0.25) is 0 Å². The Morgan fingerprint density at radius 1 is 0.886 bits per heavy atom. The molecule has 0 saturated carbocycles. The molecule has 1 amide bonds. The average Bonchev–Trinajstić information content (AvgIpc) is 3.07. The van der Waals surface area contributed by atoms with Crippen LogP contribution >= 0.6 is 11.6 Å². The first-order chi connectivity index (χ1) is 21.5. The number of hydrogen-bond donors (Lipinski definition) is 1. The lowest BCUT2D eigenvalue weighted by atomic mass is 9.99. The third-order valence-electron chi connectivity index (χ3n) is 9.16. The Balaban J connectivity index is 1.36. The van der Waals surface area contributed by atoms with Crippen LogP contribution in [-0.4, -0.2) is 52.7 Å². The van der Waals surface area contributed by atoms with E-state index >= 15 is 0 Å². The number of benzene rings is 3. The number of aromatic nitrogens is 1. The normalized spacial score (nSPS) is 17.4. The van der Waals surface area contributed by atoms with E-state index in [1.807, 2.05) is 67.6 Å². The average molecular weight is 613 g/mol. The molecule has 0 radical (unpaired) electrons. The smallest absolute Gasteiger partial charge is 0.408 e. The van der Waals surface area contributed by atoms with Crippen LogP contribution in [-0.2, 0) is 6.54 Å². The van der Waals surface area contributed by atoms with E-state index in [4.69, 9.17) is 16.3 Å². The van der Waals surface area contributed by atoms with Gasteiger partial charge in [-0.15, -0.1) is 0 Å². The van der Waals surface area contributed by atoms with Gasteiger partial charge in [-0.25, -0.2) is 4.79 Å². The first-order valence-electron chi connectivity index (χ1n) is 15.9. The van der Waals surface area contributed by atoms with Gasteiger partial charge >= 0.3 is 6.09 Å². The number of fused-ring (bicyclic) bond motifs is 1. The van der Waals surface area contributed by atoms with Crippen molar-refractivity contribution < 1.29 is 9.53 Å². The molecule has 8 heteroatoms. The van der Waals surface area contributed by atoms with Gasteiger partial charge in [0.1, 0.15) is 0 Å². The van der Waals surface area contributed by atoms with Crippen LogP contribution in [0.2, 0.25) is 5.02 Å². The Labute approximate surface area is 264 Å². The van der Waals surface area contributed by atoms with Crippen molar-refractivity contribution >= 4 is 28.5 Å². The number of rotatable bonds is 8. The molecule has 2 saturated heterocycles. The molecule has 3 heterocycles. The van der Waals surface area contributed by atoms with Gasteiger partial charge in [-0.1, -0.05) is 73.5 Å². The Kier molecular flexibility index (Phi) is 9.65. The van der Waals surface area contributed by atoms with Crippen LogP contribution in [0, 0.1) is 0 Å². The van der Waals surface area contributed by atoms with E-state index in [1.54, 1.807) is 22.8 Å². The van der Waals surface area contributed by atoms with Crippen molar-refractivity contribution in [3.8, 4) is 11.4 Å². The Bertz CT molecular complexity index is 1630. The molecular weight excluding hydrogens is 572 g/mol. The molecule has 0 spiro atoms. The predicted octanol–water partition coefficient (Wildman–Crippen LogP) is 7.33. The number of carbonyl (C=O) groups excluding carboxylic acids is 1. The fraction of sp³-hybridized carbons (Fsp3) is 0.389. The van der Waals surface area contributed by atoms with Crippen molar-refractivity contribution in [2.24, 2.45) is 0 Å². The van der Waals surface area contributed by atoms with Crippen LogP contribution in [0.15, 0.2) is 83.7 Å². The molecule has 230 valence electrons. The lowest BCUT2D eigenvalue weighted by Crippen LogP contribution is -2.46. The second-order valence-electron chi connectivity index (χ2n) is 11.9. The van der Waals surface area contributed by atoms with Crippen LogP contribution in [0.5, 0.6) is 5.75 Å². The highest BCUT2D eigenvalue weighted by Gasteiger charge is 2.29. The minimum atomic E-state index is -0.544. The fourth-order valence-electron chi connectivity index (χ4n) is 6.80. The third kappa shape index (κ3) is 6.70. The fourth-order valence-corrected chi connectivity index (χ4v) is 6.92. The molecule has 6 rings (SSSR count). The summed E-state index contributed by atoms with van der Waals surface area (Å²) in [5, 5.41) is 4.78. The summed E-state index contributed by atoms with van der Waals surface area (Å²) in [6, 6.07) is 24.9. The largest absolute Gasteiger partial charge is 0.413 e. The highest BCUT2D eigenvalue weighted by molar-refractivity contribution is 6.30. The molecule has 1 aromatic heterocycles. The van der Waals surface area contributed by atoms with Crippen LogP contribution in [0.3, 0.4) is 0 Å². The van der Waals surface area contributed by atoms with Gasteiger partial charge in [0.15, 0.2) is 5.75 Å². The van der Waals surface area contributed by atoms with Crippen molar-refractivity contribution in [1.82, 2.24) is 19.7 Å². The third-order valence-corrected chi connectivity index (χ3v) is 9.41. The van der Waals surface area contributed by atoms with Gasteiger partial charge in [0, 0.05) is 41.8 Å². The maximum Gasteiger partial charge on any atom is 0.413 e. The molecule has 44 heavy (non-hydrogen) atoms. The Hall–Kier alpha value is -3.65. The van der Waals surface area contributed by atoms with Crippen molar-refractivity contribution in [2.45, 2.75) is 64.1 Å². The lowest BCUT2D eigenvalue weighted by molar-refractivity contribution is 0.0884. The summed E-state index contributed by atoms with van der Waals surface area (Å²) in [6.07, 6.45) is 6.25. The number of nitrogens with zero attached hydrogens (tertiary/aromatic N) is 3. The lowest BCUT2D eigenvalue weighted by Gasteiger charge is -2.40. The zero-order valence-corrected chi connectivity index (χ0v) is 26.1. The maximum atomic E-state index is 14.1. The summed E-state index contributed by atoms with van der Waals surface area (Å²) in [5.41, 5.74) is 2.21. The number of amides is 1. The predicted molar refractivity (Wildman–Crippen MR) is 177 cm³/mol. The van der Waals surface area contributed by atoms with Crippen molar-refractivity contribution in [2.75, 3.05) is 26.2 Å². The highest BCUT2D eigenvalue weighted by atomic mass is 35.5. The number of halogens is 1. The van der Waals surface area contributed by atoms with Crippen LogP contribution in [0.25, 0.3) is 16.5 Å². The molecule has 0 bridgehead atoms. The van der Waals surface area contributed by atoms with Crippen molar-refractivity contribution in [3.05, 3.63) is 105 Å². The van der Waals surface area contributed by atoms with E-state index in [-0.39, 0.29) is 11.6 Å². The first kappa shape index (κ1) is 30.4. The van der Waals surface area contributed by atoms with Crippen LogP contribution in [0.1, 0.15) is 62.7 Å². The zero-order chi connectivity index (χ0) is 30.5. The summed E-state index contributed by atoms with van der Waals surface area (Å²) in [6.45, 7) is 6.74. The number of piperidine rings is 2. The van der Waals surface area contributed by atoms with Crippen molar-refractivity contribution in [1.29, 1.82) is 0 Å². The van der Waals surface area contributed by atoms with E-state index in [1.165, 1.54) is 32.4 Å². The minimum absolute atomic E-state index is 0.149. The Morgan fingerprint density at radius 3 is 2.23 bits per heavy atom. The van der Waals surface area contributed by atoms with Gasteiger partial charge in [-0.3, -0.25) is 14.3 Å². The molecule has 2 aliphatic rings. The zero-order valence-electron chi connectivity index (χ0n) is 25.4. The number of likely N-dealkylation sites (tertiary alicyclic amines) is 2. The van der Waals surface area contributed by atoms with Gasteiger partial charge in [0.25, 0.3) is 5.56 Å². The second kappa shape index (κ2) is 14.0. The first-order valence-corrected chi connectivity index (χ1v) is 16.3. The monoisotopic (exact) mass is 612 g/mol. The number of hydrogen-bond acceptors (Lipinski definition) is 5. The summed E-state index contributed by atoms with van der Waals surface area (Å²) in [4.78, 5) is 32.8. The molecule has 2 aliphatic heterocycles. The SMILES string of the molecule is CC[C@H](NC(=O)Oc1c(CN2CCC(N3CCCCC3)CC2)n(-c2ccc(Cl)cc2)c(=O)c2ccccc12)c1ccccc1. The van der Waals surface area contributed by atoms with E-state index in [0.717, 1.165) is 31.5 Å². The van der Waals surface area contributed by atoms with Gasteiger partial charge in [0.05, 0.1) is 17.1 Å². The van der Waals surface area contributed by atoms with E-state index in [9.17, 15) is 9.59 Å². The molecule has 3 aromatic carbocycles. The molecule has 2 fully saturated rings. The van der Waals surface area contributed by atoms with Gasteiger partial charge in [-0.05, 0) is 81.1 Å². The van der Waals surface area contributed by atoms with E-state index in [2.05, 4.69) is 15.1 Å². The summed E-state index contributed by atoms with van der Waals surface area (Å²) < 4.78 is 7.94. The summed E-state index contributed by atoms with van der Waals surface area (Å²) in [5.74, 6) is 0.411. The number of ether oxygens (including phenoxy) is 1. The number of carbonyl (C=O) groups is 1. The van der Waals surface area contributed by atoms with E-state index in [0.29, 0.717) is 51.9 Å². The summed E-state index contributed by atoms with van der Waals surface area (Å²) in [7, 11) is 0. The quantitative estimate of drug-likeness (QED) is 0.226. The molecule has 7 nitrogen and oxygen atoms in total. The molecular formula is C36H41ClN4O3. The second-order valence-corrected chi connectivity index (χ2v) is 12.4. The molecule has 0 aliphatic carbocycles. The highest BCUT2D eigenvalue weighted by Crippen LogP contribution is 2.33. The number of pyridine rings is 1. The van der Waals surface area contributed by atoms with Gasteiger partial charge < -0.3 is 15.0 Å². The van der Waals surface area contributed by atoms with E-state index < -0.39 is 6.09 Å². The van der Waals surface area contributed by atoms with Crippen LogP contribution in [0.4, 0.5) is 4.79 Å². The molecule has 4 aromatic rings. The summed E-state index contributed by atoms with van der Waals surface area (Å²) >= 11 is 6.24. The molecule has 0 unspecified atom stereocenters. The van der Waals surface area contributed by atoms with Gasteiger partial charge in [-0.2, -0.15) is 0 Å². The Morgan fingerprint density at radius 2 is 1.55 bits per heavy atom.